The molecule has 0 spiro atoms. The molecule has 0 aliphatic carbocycles. The highest BCUT2D eigenvalue weighted by molar-refractivity contribution is 6.36. The van der Waals surface area contributed by atoms with Crippen molar-refractivity contribution in [2.24, 2.45) is 0 Å². The first-order valence-corrected chi connectivity index (χ1v) is 12.8. The van der Waals surface area contributed by atoms with Crippen LogP contribution in [0.15, 0.2) is 24.3 Å². The molecular formula is C28H46O4. The topological polar surface area (TPSA) is 68.3 Å². The summed E-state index contributed by atoms with van der Waals surface area (Å²) in [5.41, 5.74) is 0. The van der Waals surface area contributed by atoms with Crippen LogP contribution in [0.2, 0.25) is 0 Å². The zero-order valence-corrected chi connectivity index (χ0v) is 20.7. The van der Waals surface area contributed by atoms with E-state index in [-0.39, 0.29) is 18.0 Å². The van der Waals surface area contributed by atoms with Crippen LogP contribution < -0.4 is 0 Å². The maximum atomic E-state index is 11.9. The van der Waals surface area contributed by atoms with Crippen LogP contribution in [0.3, 0.4) is 0 Å². The Hall–Kier alpha value is -1.84. The number of allylic oxidation sites excluding steroid dienone is 4. The Bertz CT molecular complexity index is 586. The fourth-order valence-corrected chi connectivity index (χ4v) is 3.47. The van der Waals surface area contributed by atoms with Gasteiger partial charge >= 0.3 is 0 Å². The van der Waals surface area contributed by atoms with Crippen LogP contribution in [0.4, 0.5) is 0 Å². The van der Waals surface area contributed by atoms with Gasteiger partial charge in [0.25, 0.3) is 0 Å². The molecule has 0 rings (SSSR count). The molecule has 0 aliphatic rings. The molecule has 0 saturated carbocycles. The third-order valence-corrected chi connectivity index (χ3v) is 5.59. The third-order valence-electron chi connectivity index (χ3n) is 5.59. The summed E-state index contributed by atoms with van der Waals surface area (Å²) >= 11 is 0. The van der Waals surface area contributed by atoms with Crippen LogP contribution in [0.25, 0.3) is 0 Å². The lowest BCUT2D eigenvalue weighted by Crippen LogP contribution is -2.06. The summed E-state index contributed by atoms with van der Waals surface area (Å²) < 4.78 is 0. The second-order valence-electron chi connectivity index (χ2n) is 8.77. The van der Waals surface area contributed by atoms with Gasteiger partial charge in [-0.3, -0.25) is 19.2 Å². The van der Waals surface area contributed by atoms with E-state index >= 15 is 0 Å². The molecule has 0 aliphatic heterocycles. The van der Waals surface area contributed by atoms with Crippen molar-refractivity contribution in [3.05, 3.63) is 24.3 Å². The Morgan fingerprint density at radius 2 is 1.03 bits per heavy atom. The smallest absolute Gasteiger partial charge is 0.201 e. The summed E-state index contributed by atoms with van der Waals surface area (Å²) in [6, 6.07) is 0. The van der Waals surface area contributed by atoms with Crippen molar-refractivity contribution in [1.82, 2.24) is 0 Å². The largest absolute Gasteiger partial charge is 0.300 e. The molecule has 182 valence electrons. The maximum absolute atomic E-state index is 11.9. The highest BCUT2D eigenvalue weighted by Crippen LogP contribution is 2.10. The minimum Gasteiger partial charge on any atom is -0.300 e. The summed E-state index contributed by atoms with van der Waals surface area (Å²) in [6.45, 7) is 3.52. The van der Waals surface area contributed by atoms with Crippen molar-refractivity contribution in [1.29, 1.82) is 0 Å². The highest BCUT2D eigenvalue weighted by Gasteiger charge is 2.05. The van der Waals surface area contributed by atoms with Crippen molar-refractivity contribution in [2.75, 3.05) is 0 Å². The lowest BCUT2D eigenvalue weighted by Gasteiger charge is -2.01. The Labute approximate surface area is 196 Å². The van der Waals surface area contributed by atoms with Crippen molar-refractivity contribution in [3.63, 3.8) is 0 Å². The van der Waals surface area contributed by atoms with E-state index in [0.29, 0.717) is 31.5 Å². The fraction of sp³-hybridized carbons (Fsp3) is 0.714. The Balaban J connectivity index is 3.50. The average Bonchev–Trinajstić information content (AvgIpc) is 2.76. The number of rotatable bonds is 23. The van der Waals surface area contributed by atoms with Gasteiger partial charge in [-0.2, -0.15) is 0 Å². The molecule has 0 radical (unpaired) electrons. The molecule has 0 amide bonds. The van der Waals surface area contributed by atoms with Gasteiger partial charge in [-0.1, -0.05) is 76.2 Å². The van der Waals surface area contributed by atoms with Crippen LogP contribution in [-0.2, 0) is 19.2 Å². The number of hydrogen-bond donors (Lipinski definition) is 0. The van der Waals surface area contributed by atoms with E-state index in [4.69, 9.17) is 0 Å². The highest BCUT2D eigenvalue weighted by atomic mass is 16.2. The van der Waals surface area contributed by atoms with Crippen LogP contribution in [0.1, 0.15) is 129 Å². The number of carbonyl (C=O) groups is 4. The molecule has 4 heteroatoms. The lowest BCUT2D eigenvalue weighted by atomic mass is 10.0. The van der Waals surface area contributed by atoms with E-state index < -0.39 is 5.78 Å². The summed E-state index contributed by atoms with van der Waals surface area (Å²) in [4.78, 5) is 45.8. The number of carbonyl (C=O) groups excluding carboxylic acids is 4. The zero-order chi connectivity index (χ0) is 23.9. The molecule has 0 fully saturated rings. The first kappa shape index (κ1) is 30.2. The lowest BCUT2D eigenvalue weighted by molar-refractivity contribution is -0.134. The van der Waals surface area contributed by atoms with Crippen LogP contribution in [-0.4, -0.2) is 23.1 Å². The molecule has 0 heterocycles. The predicted molar refractivity (Wildman–Crippen MR) is 133 cm³/mol. The van der Waals surface area contributed by atoms with Crippen LogP contribution >= 0.6 is 0 Å². The first-order valence-electron chi connectivity index (χ1n) is 12.8. The van der Waals surface area contributed by atoms with Crippen LogP contribution in [0, 0.1) is 0 Å². The normalized spacial score (nSPS) is 11.4. The molecule has 32 heavy (non-hydrogen) atoms. The molecule has 0 atom stereocenters. The summed E-state index contributed by atoms with van der Waals surface area (Å²) in [5.74, 6) is -0.239. The molecule has 0 saturated heterocycles. The predicted octanol–water partition coefficient (Wildman–Crippen LogP) is 7.44. The Morgan fingerprint density at radius 3 is 1.69 bits per heavy atom. The van der Waals surface area contributed by atoms with Crippen molar-refractivity contribution < 1.29 is 19.2 Å². The molecule has 0 aromatic rings. The second-order valence-corrected chi connectivity index (χ2v) is 8.77. The summed E-state index contributed by atoms with van der Waals surface area (Å²) in [5, 5.41) is 0. The molecule has 4 nitrogen and oxygen atoms in total. The molecular weight excluding hydrogens is 400 g/mol. The molecule has 0 unspecified atom stereocenters. The van der Waals surface area contributed by atoms with Gasteiger partial charge in [0.05, 0.1) is 0 Å². The monoisotopic (exact) mass is 446 g/mol. The van der Waals surface area contributed by atoms with Crippen molar-refractivity contribution in [2.45, 2.75) is 129 Å². The van der Waals surface area contributed by atoms with E-state index in [1.807, 2.05) is 12.2 Å². The Kier molecular flexibility index (Phi) is 21.1. The van der Waals surface area contributed by atoms with Crippen molar-refractivity contribution >= 4 is 23.1 Å². The van der Waals surface area contributed by atoms with Gasteiger partial charge in [0.15, 0.2) is 5.78 Å². The number of unbranched alkanes of at least 4 members (excludes halogenated alkanes) is 10. The molecule has 0 aromatic heterocycles. The quantitative estimate of drug-likeness (QED) is 0.0929. The van der Waals surface area contributed by atoms with Gasteiger partial charge in [0, 0.05) is 39.0 Å². The summed E-state index contributed by atoms with van der Waals surface area (Å²) in [6.07, 6.45) is 24.6. The minimum atomic E-state index is -0.415. The van der Waals surface area contributed by atoms with Gasteiger partial charge in [0.1, 0.15) is 11.6 Å². The number of Topliss-reactive ketones (excluding diaryl/α,β-unsaturated/α-hetero) is 4. The molecule has 0 N–H and O–H groups in total. The second kappa shape index (κ2) is 22.4. The van der Waals surface area contributed by atoms with E-state index in [0.717, 1.165) is 38.5 Å². The van der Waals surface area contributed by atoms with E-state index in [1.165, 1.54) is 51.9 Å². The SMILES string of the molecule is CCCCCCCCCC=CCC(=O)CCCCCC(=O)CCCC=CCC(=O)C(C)=O. The zero-order valence-electron chi connectivity index (χ0n) is 20.7. The van der Waals surface area contributed by atoms with E-state index in [9.17, 15) is 19.2 Å². The van der Waals surface area contributed by atoms with E-state index in [2.05, 4.69) is 13.0 Å². The van der Waals surface area contributed by atoms with E-state index in [1.54, 1.807) is 6.08 Å². The fourth-order valence-electron chi connectivity index (χ4n) is 3.47. The standard InChI is InChI=1S/C28H46O4/c1-3-4-5-6-7-8-9-10-11-15-20-26(30)22-17-14-18-23-27(31)21-16-12-13-19-24-28(32)25(2)29/h11,13,15,19H,3-10,12,14,16-18,20-24H2,1-2H3. The van der Waals surface area contributed by atoms with Gasteiger partial charge in [0.2, 0.25) is 5.78 Å². The van der Waals surface area contributed by atoms with Gasteiger partial charge in [-0.05, 0) is 38.5 Å². The molecule has 0 bridgehead atoms. The number of ketones is 4. The summed E-state index contributed by atoms with van der Waals surface area (Å²) in [7, 11) is 0. The first-order chi connectivity index (χ1) is 15.5. The Morgan fingerprint density at radius 1 is 0.531 bits per heavy atom. The van der Waals surface area contributed by atoms with Crippen LogP contribution in [0.5, 0.6) is 0 Å². The van der Waals surface area contributed by atoms with Gasteiger partial charge in [-0.15, -0.1) is 0 Å². The third kappa shape index (κ3) is 21.4. The van der Waals surface area contributed by atoms with Gasteiger partial charge in [-0.25, -0.2) is 0 Å². The minimum absolute atomic E-state index is 0.150. The average molecular weight is 447 g/mol. The molecule has 0 aromatic carbocycles. The van der Waals surface area contributed by atoms with Crippen molar-refractivity contribution in [3.8, 4) is 0 Å². The maximum Gasteiger partial charge on any atom is 0.201 e. The van der Waals surface area contributed by atoms with Gasteiger partial charge < -0.3 is 0 Å². The number of hydrogen-bond acceptors (Lipinski definition) is 4.